The van der Waals surface area contributed by atoms with E-state index in [1.54, 1.807) is 12.1 Å². The molecule has 0 radical (unpaired) electrons. The molecule has 1 fully saturated rings. The van der Waals surface area contributed by atoms with Gasteiger partial charge in [0, 0.05) is 30.2 Å². The molecule has 3 aromatic carbocycles. The maximum Gasteiger partial charge on any atom is 0.258 e. The summed E-state index contributed by atoms with van der Waals surface area (Å²) in [7, 11) is 0. The summed E-state index contributed by atoms with van der Waals surface area (Å²) >= 11 is 0. The maximum atomic E-state index is 15.1. The Morgan fingerprint density at radius 3 is 2.68 bits per heavy atom. The fraction of sp³-hybridized carbons (Fsp3) is 0.290. The van der Waals surface area contributed by atoms with E-state index >= 15 is 4.39 Å². The van der Waals surface area contributed by atoms with Crippen LogP contribution in [0, 0.1) is 12.7 Å². The Balaban J connectivity index is 1.19. The Morgan fingerprint density at radius 1 is 1.03 bits per heavy atom. The van der Waals surface area contributed by atoms with Crippen molar-refractivity contribution in [2.45, 2.75) is 39.2 Å². The first kappa shape index (κ1) is 23.6. The summed E-state index contributed by atoms with van der Waals surface area (Å²) in [6.45, 7) is 5.81. The van der Waals surface area contributed by atoms with E-state index in [9.17, 15) is 4.79 Å². The highest BCUT2D eigenvalue weighted by atomic mass is 19.1. The molecule has 1 saturated heterocycles. The first-order valence-electron chi connectivity index (χ1n) is 13.0. The number of hydrogen-bond acceptors (Lipinski definition) is 4. The van der Waals surface area contributed by atoms with Gasteiger partial charge in [-0.25, -0.2) is 4.39 Å². The van der Waals surface area contributed by atoms with Gasteiger partial charge in [0.25, 0.3) is 5.91 Å². The minimum Gasteiger partial charge on any atom is -0.493 e. The summed E-state index contributed by atoms with van der Waals surface area (Å²) < 4.78 is 20.6. The lowest BCUT2D eigenvalue weighted by Gasteiger charge is -2.26. The lowest BCUT2D eigenvalue weighted by atomic mass is 10.00. The highest BCUT2D eigenvalue weighted by molar-refractivity contribution is 6.06. The molecule has 2 aliphatic heterocycles. The third-order valence-corrected chi connectivity index (χ3v) is 7.50. The molecule has 4 aromatic rings. The molecule has 188 valence electrons. The van der Waals surface area contributed by atoms with Crippen molar-refractivity contribution in [3.8, 4) is 16.9 Å². The number of nitrogens with zero attached hydrogens (tertiary/aromatic N) is 2. The third kappa shape index (κ3) is 4.81. The highest BCUT2D eigenvalue weighted by Gasteiger charge is 2.17. The molecule has 0 unspecified atom stereocenters. The van der Waals surface area contributed by atoms with Gasteiger partial charge in [0.05, 0.1) is 17.7 Å². The van der Waals surface area contributed by atoms with Crippen molar-refractivity contribution >= 4 is 22.5 Å². The molecular weight excluding hydrogens is 465 g/mol. The van der Waals surface area contributed by atoms with Gasteiger partial charge in [-0.3, -0.25) is 14.7 Å². The number of pyridine rings is 1. The van der Waals surface area contributed by atoms with E-state index in [1.807, 2.05) is 43.5 Å². The molecule has 6 heteroatoms. The normalized spacial score (nSPS) is 15.4. The van der Waals surface area contributed by atoms with Gasteiger partial charge in [-0.2, -0.15) is 0 Å². The highest BCUT2D eigenvalue weighted by Crippen LogP contribution is 2.32. The van der Waals surface area contributed by atoms with Gasteiger partial charge >= 0.3 is 0 Å². The molecule has 1 aromatic heterocycles. The van der Waals surface area contributed by atoms with E-state index in [0.29, 0.717) is 12.3 Å². The first-order valence-corrected chi connectivity index (χ1v) is 13.0. The van der Waals surface area contributed by atoms with Gasteiger partial charge in [0.1, 0.15) is 11.6 Å². The van der Waals surface area contributed by atoms with E-state index < -0.39 is 11.7 Å². The van der Waals surface area contributed by atoms with Gasteiger partial charge in [-0.1, -0.05) is 24.6 Å². The van der Waals surface area contributed by atoms with Gasteiger partial charge in [0.15, 0.2) is 0 Å². The van der Waals surface area contributed by atoms with Crippen LogP contribution in [0.2, 0.25) is 0 Å². The average molecular weight is 496 g/mol. The number of nitrogens with one attached hydrogen (secondary N) is 1. The molecule has 0 spiro atoms. The van der Waals surface area contributed by atoms with Crippen LogP contribution in [0.4, 0.5) is 10.1 Å². The van der Waals surface area contributed by atoms with E-state index in [-0.39, 0.29) is 5.56 Å². The smallest absolute Gasteiger partial charge is 0.258 e. The quantitative estimate of drug-likeness (QED) is 0.342. The monoisotopic (exact) mass is 495 g/mol. The predicted octanol–water partition coefficient (Wildman–Crippen LogP) is 6.52. The molecule has 3 heterocycles. The van der Waals surface area contributed by atoms with Gasteiger partial charge in [0.2, 0.25) is 0 Å². The van der Waals surface area contributed by atoms with E-state index in [4.69, 9.17) is 9.72 Å². The number of piperidine rings is 1. The van der Waals surface area contributed by atoms with Gasteiger partial charge in [-0.05, 0) is 97.1 Å². The summed E-state index contributed by atoms with van der Waals surface area (Å²) in [5.74, 6) is -0.139. The number of benzene rings is 3. The Morgan fingerprint density at radius 2 is 1.84 bits per heavy atom. The number of anilines is 1. The number of ether oxygens (including phenoxy) is 1. The number of rotatable bonds is 5. The van der Waals surface area contributed by atoms with Crippen LogP contribution in [-0.4, -0.2) is 35.5 Å². The second-order valence-corrected chi connectivity index (χ2v) is 10.1. The van der Waals surface area contributed by atoms with E-state index in [2.05, 4.69) is 16.3 Å². The SMILES string of the molecule is Cc1c(NC(=O)c2ccc(-c3ccc4c(c3)CCO4)cc2F)ccc2cc(CN3CCCCC3)cnc12. The summed E-state index contributed by atoms with van der Waals surface area (Å²) in [5.41, 5.74) is 6.32. The number of fused-ring (bicyclic) bond motifs is 2. The molecule has 5 nitrogen and oxygen atoms in total. The number of carbonyl (C=O) groups is 1. The largest absolute Gasteiger partial charge is 0.493 e. The minimum absolute atomic E-state index is 0.0116. The number of aryl methyl sites for hydroxylation is 1. The predicted molar refractivity (Wildman–Crippen MR) is 145 cm³/mol. The van der Waals surface area contributed by atoms with Crippen LogP contribution in [0.25, 0.3) is 22.0 Å². The maximum absolute atomic E-state index is 15.1. The number of hydrogen-bond donors (Lipinski definition) is 1. The van der Waals surface area contributed by atoms with Crippen LogP contribution in [0.5, 0.6) is 5.75 Å². The van der Waals surface area contributed by atoms with Crippen LogP contribution < -0.4 is 10.1 Å². The third-order valence-electron chi connectivity index (χ3n) is 7.50. The lowest BCUT2D eigenvalue weighted by molar-refractivity contribution is 0.102. The topological polar surface area (TPSA) is 54.5 Å². The second-order valence-electron chi connectivity index (χ2n) is 10.1. The van der Waals surface area contributed by atoms with Crippen LogP contribution in [0.3, 0.4) is 0 Å². The molecule has 2 aliphatic rings. The summed E-state index contributed by atoms with van der Waals surface area (Å²) in [5, 5.41) is 3.93. The van der Waals surface area contributed by atoms with Crippen molar-refractivity contribution < 1.29 is 13.9 Å². The molecule has 1 amide bonds. The Kier molecular flexibility index (Phi) is 6.35. The molecule has 37 heavy (non-hydrogen) atoms. The molecular formula is C31H30FN3O2. The van der Waals surface area contributed by atoms with Crippen molar-refractivity contribution in [3.05, 3.63) is 88.9 Å². The molecule has 0 bridgehead atoms. The van der Waals surface area contributed by atoms with Gasteiger partial charge in [-0.15, -0.1) is 0 Å². The van der Waals surface area contributed by atoms with Crippen LogP contribution in [0.1, 0.15) is 46.3 Å². The lowest BCUT2D eigenvalue weighted by Crippen LogP contribution is -2.29. The number of amides is 1. The van der Waals surface area contributed by atoms with Crippen LogP contribution in [-0.2, 0) is 13.0 Å². The van der Waals surface area contributed by atoms with Crippen molar-refractivity contribution in [3.63, 3.8) is 0 Å². The molecule has 0 saturated carbocycles. The van der Waals surface area contributed by atoms with Crippen molar-refractivity contribution in [2.75, 3.05) is 25.0 Å². The summed E-state index contributed by atoms with van der Waals surface area (Å²) in [6, 6.07) is 16.7. The molecule has 1 N–H and O–H groups in total. The van der Waals surface area contributed by atoms with Crippen molar-refractivity contribution in [2.24, 2.45) is 0 Å². The van der Waals surface area contributed by atoms with Crippen LogP contribution in [0.15, 0.2) is 60.8 Å². The average Bonchev–Trinajstić information content (AvgIpc) is 3.39. The van der Waals surface area contributed by atoms with Crippen molar-refractivity contribution in [1.29, 1.82) is 0 Å². The fourth-order valence-electron chi connectivity index (χ4n) is 5.43. The molecule has 0 aliphatic carbocycles. The zero-order chi connectivity index (χ0) is 25.4. The number of halogens is 1. The number of likely N-dealkylation sites (tertiary alicyclic amines) is 1. The zero-order valence-electron chi connectivity index (χ0n) is 21.0. The number of carbonyl (C=O) groups excluding carboxylic acids is 1. The van der Waals surface area contributed by atoms with E-state index in [1.165, 1.54) is 30.9 Å². The van der Waals surface area contributed by atoms with Crippen LogP contribution >= 0.6 is 0 Å². The summed E-state index contributed by atoms with van der Waals surface area (Å²) in [6.07, 6.45) is 6.62. The fourth-order valence-corrected chi connectivity index (χ4v) is 5.43. The standard InChI is InChI=1S/C31H30FN3O2/c1-20-28(9-6-25-15-21(18-33-30(20)25)19-35-12-3-2-4-13-35)34-31(36)26-8-5-23(17-27(26)32)22-7-10-29-24(16-22)11-14-37-29/h5-10,15-18H,2-4,11-14,19H2,1H3,(H,34,36). The Hall–Kier alpha value is -3.77. The zero-order valence-corrected chi connectivity index (χ0v) is 21.0. The van der Waals surface area contributed by atoms with Gasteiger partial charge < -0.3 is 10.1 Å². The molecule has 6 rings (SSSR count). The Labute approximate surface area is 216 Å². The first-order chi connectivity index (χ1) is 18.0. The Bertz CT molecular complexity index is 1490. The molecule has 0 atom stereocenters. The minimum atomic E-state index is -0.550. The number of aromatic nitrogens is 1. The summed E-state index contributed by atoms with van der Waals surface area (Å²) in [4.78, 5) is 20.2. The van der Waals surface area contributed by atoms with Crippen molar-refractivity contribution in [1.82, 2.24) is 9.88 Å². The second kappa shape index (κ2) is 9.94. The van der Waals surface area contributed by atoms with E-state index in [0.717, 1.165) is 65.0 Å².